The maximum atomic E-state index is 11.6. The van der Waals surface area contributed by atoms with Gasteiger partial charge in [0.15, 0.2) is 0 Å². The number of carboxylic acids is 1. The number of nitrogens with zero attached hydrogens (tertiary/aromatic N) is 1. The van der Waals surface area contributed by atoms with Gasteiger partial charge in [-0.3, -0.25) is 4.79 Å². The first-order chi connectivity index (χ1) is 8.08. The van der Waals surface area contributed by atoms with Crippen LogP contribution < -0.4 is 5.32 Å². The second-order valence-electron chi connectivity index (χ2n) is 5.78. The molecule has 1 aliphatic heterocycles. The van der Waals surface area contributed by atoms with Gasteiger partial charge in [0.1, 0.15) is 5.54 Å². The number of likely N-dealkylation sites (tertiary alicyclic amines) is 1. The molecule has 0 aromatic rings. The van der Waals surface area contributed by atoms with E-state index in [0.29, 0.717) is 18.4 Å². The van der Waals surface area contributed by atoms with E-state index in [9.17, 15) is 9.90 Å². The number of hydrogen-bond acceptors (Lipinski definition) is 3. The zero-order chi connectivity index (χ0) is 12.5. The summed E-state index contributed by atoms with van der Waals surface area (Å²) in [6.45, 7) is 5.01. The van der Waals surface area contributed by atoms with Crippen LogP contribution >= 0.6 is 0 Å². The lowest BCUT2D eigenvalue weighted by molar-refractivity contribution is -0.147. The summed E-state index contributed by atoms with van der Waals surface area (Å²) in [5.74, 6) is 0.342. The van der Waals surface area contributed by atoms with Gasteiger partial charge >= 0.3 is 5.97 Å². The Morgan fingerprint density at radius 1 is 1.47 bits per heavy atom. The van der Waals surface area contributed by atoms with Gasteiger partial charge in [-0.05, 0) is 51.1 Å². The van der Waals surface area contributed by atoms with Crippen LogP contribution in [0.15, 0.2) is 0 Å². The monoisotopic (exact) mass is 240 g/mol. The van der Waals surface area contributed by atoms with Crippen molar-refractivity contribution in [3.8, 4) is 0 Å². The molecule has 1 aliphatic carbocycles. The van der Waals surface area contributed by atoms with Gasteiger partial charge in [0.25, 0.3) is 0 Å². The summed E-state index contributed by atoms with van der Waals surface area (Å²) in [5.41, 5.74) is -0.711. The van der Waals surface area contributed by atoms with Crippen molar-refractivity contribution in [2.45, 2.75) is 38.1 Å². The Morgan fingerprint density at radius 2 is 2.18 bits per heavy atom. The Morgan fingerprint density at radius 3 is 2.65 bits per heavy atom. The second kappa shape index (κ2) is 4.94. The fourth-order valence-electron chi connectivity index (χ4n) is 3.12. The van der Waals surface area contributed by atoms with Crippen molar-refractivity contribution in [2.24, 2.45) is 11.8 Å². The Bertz CT molecular complexity index is 291. The second-order valence-corrected chi connectivity index (χ2v) is 5.78. The van der Waals surface area contributed by atoms with Gasteiger partial charge < -0.3 is 15.3 Å². The van der Waals surface area contributed by atoms with Gasteiger partial charge in [0, 0.05) is 13.1 Å². The minimum Gasteiger partial charge on any atom is -0.480 e. The molecule has 0 spiro atoms. The van der Waals surface area contributed by atoms with E-state index < -0.39 is 11.5 Å². The molecule has 17 heavy (non-hydrogen) atoms. The number of rotatable bonds is 5. The van der Waals surface area contributed by atoms with Crippen molar-refractivity contribution in [2.75, 3.05) is 26.7 Å². The first kappa shape index (κ1) is 12.8. The van der Waals surface area contributed by atoms with E-state index >= 15 is 0 Å². The molecule has 2 rings (SSSR count). The average Bonchev–Trinajstić information content (AvgIpc) is 3.09. The number of nitrogens with one attached hydrogen (secondary N) is 1. The highest BCUT2D eigenvalue weighted by Gasteiger charge is 2.51. The lowest BCUT2D eigenvalue weighted by Crippen LogP contribution is -2.60. The molecule has 2 aliphatic rings. The van der Waals surface area contributed by atoms with Crippen LogP contribution in [0, 0.1) is 11.8 Å². The van der Waals surface area contributed by atoms with Gasteiger partial charge in [-0.15, -0.1) is 0 Å². The maximum Gasteiger partial charge on any atom is 0.325 e. The predicted molar refractivity (Wildman–Crippen MR) is 67.0 cm³/mol. The topological polar surface area (TPSA) is 52.6 Å². The van der Waals surface area contributed by atoms with Gasteiger partial charge in [0.05, 0.1) is 0 Å². The summed E-state index contributed by atoms with van der Waals surface area (Å²) in [5, 5.41) is 12.6. The summed E-state index contributed by atoms with van der Waals surface area (Å²) in [7, 11) is 1.79. The molecule has 2 atom stereocenters. The molecule has 0 aromatic heterocycles. The predicted octanol–water partition coefficient (Wildman–Crippen LogP) is 1.17. The normalized spacial score (nSPS) is 29.9. The lowest BCUT2D eigenvalue weighted by Gasteiger charge is -2.38. The molecule has 4 nitrogen and oxygen atoms in total. The van der Waals surface area contributed by atoms with Crippen LogP contribution in [0.5, 0.6) is 0 Å². The first-order valence-corrected chi connectivity index (χ1v) is 6.73. The molecular weight excluding hydrogens is 216 g/mol. The molecule has 98 valence electrons. The van der Waals surface area contributed by atoms with E-state index in [0.717, 1.165) is 25.9 Å². The third-order valence-corrected chi connectivity index (χ3v) is 4.32. The largest absolute Gasteiger partial charge is 0.480 e. The van der Waals surface area contributed by atoms with E-state index in [1.165, 1.54) is 12.8 Å². The standard InChI is InChI=1S/C13H24N2O2/c1-10-4-3-7-15(8-10)9-13(14-2,12(16)17)11-5-6-11/h10-11,14H,3-9H2,1-2H3,(H,16,17). The first-order valence-electron chi connectivity index (χ1n) is 6.73. The minimum absolute atomic E-state index is 0.322. The van der Waals surface area contributed by atoms with Crippen molar-refractivity contribution >= 4 is 5.97 Å². The number of carbonyl (C=O) groups is 1. The average molecular weight is 240 g/mol. The molecule has 1 heterocycles. The van der Waals surface area contributed by atoms with Crippen LogP contribution in [0.25, 0.3) is 0 Å². The van der Waals surface area contributed by atoms with Gasteiger partial charge in [0.2, 0.25) is 0 Å². The zero-order valence-corrected chi connectivity index (χ0v) is 10.9. The van der Waals surface area contributed by atoms with E-state index in [-0.39, 0.29) is 0 Å². The van der Waals surface area contributed by atoms with E-state index in [1.54, 1.807) is 7.05 Å². The lowest BCUT2D eigenvalue weighted by atomic mass is 9.90. The summed E-state index contributed by atoms with van der Waals surface area (Å²) in [6.07, 6.45) is 4.58. The van der Waals surface area contributed by atoms with E-state index in [1.807, 2.05) is 0 Å². The smallest absolute Gasteiger partial charge is 0.325 e. The Hall–Kier alpha value is -0.610. The molecule has 0 amide bonds. The highest BCUT2D eigenvalue weighted by Crippen LogP contribution is 2.40. The maximum absolute atomic E-state index is 11.6. The van der Waals surface area contributed by atoms with Crippen LogP contribution in [0.3, 0.4) is 0 Å². The van der Waals surface area contributed by atoms with E-state index in [2.05, 4.69) is 17.1 Å². The van der Waals surface area contributed by atoms with Crippen LogP contribution in [-0.2, 0) is 4.79 Å². The fourth-order valence-corrected chi connectivity index (χ4v) is 3.12. The summed E-state index contributed by atoms with van der Waals surface area (Å²) in [6, 6.07) is 0. The highest BCUT2D eigenvalue weighted by atomic mass is 16.4. The zero-order valence-electron chi connectivity index (χ0n) is 10.9. The summed E-state index contributed by atoms with van der Waals surface area (Å²) < 4.78 is 0. The van der Waals surface area contributed by atoms with Crippen molar-refractivity contribution in [3.05, 3.63) is 0 Å². The molecule has 4 heteroatoms. The Balaban J connectivity index is 2.03. The molecule has 0 bridgehead atoms. The molecule has 0 aromatic carbocycles. The highest BCUT2D eigenvalue weighted by molar-refractivity contribution is 5.80. The van der Waals surface area contributed by atoms with E-state index in [4.69, 9.17) is 0 Å². The number of aliphatic carboxylic acids is 1. The number of piperidine rings is 1. The molecule has 0 radical (unpaired) electrons. The number of carboxylic acid groups (broad SMARTS) is 1. The van der Waals surface area contributed by atoms with Crippen LogP contribution in [0.2, 0.25) is 0 Å². The fraction of sp³-hybridized carbons (Fsp3) is 0.923. The van der Waals surface area contributed by atoms with Crippen molar-refractivity contribution in [1.82, 2.24) is 10.2 Å². The number of likely N-dealkylation sites (N-methyl/N-ethyl adjacent to an activating group) is 1. The Labute approximate surface area is 103 Å². The van der Waals surface area contributed by atoms with Crippen LogP contribution in [0.1, 0.15) is 32.6 Å². The van der Waals surface area contributed by atoms with Gasteiger partial charge in [-0.2, -0.15) is 0 Å². The molecule has 2 fully saturated rings. The minimum atomic E-state index is -0.711. The summed E-state index contributed by atoms with van der Waals surface area (Å²) in [4.78, 5) is 13.9. The molecule has 2 N–H and O–H groups in total. The molecule has 2 unspecified atom stereocenters. The molecular formula is C13H24N2O2. The number of hydrogen-bond donors (Lipinski definition) is 2. The van der Waals surface area contributed by atoms with Crippen LogP contribution in [-0.4, -0.2) is 48.2 Å². The summed E-state index contributed by atoms with van der Waals surface area (Å²) >= 11 is 0. The van der Waals surface area contributed by atoms with Gasteiger partial charge in [-0.25, -0.2) is 0 Å². The SMILES string of the molecule is CNC(CN1CCCC(C)C1)(C(=O)O)C1CC1. The van der Waals surface area contributed by atoms with Crippen molar-refractivity contribution in [3.63, 3.8) is 0 Å². The molecule has 1 saturated carbocycles. The molecule has 1 saturated heterocycles. The van der Waals surface area contributed by atoms with Crippen molar-refractivity contribution in [1.29, 1.82) is 0 Å². The third-order valence-electron chi connectivity index (χ3n) is 4.32. The third kappa shape index (κ3) is 2.63. The Kier molecular flexibility index (Phi) is 3.73. The van der Waals surface area contributed by atoms with Crippen LogP contribution in [0.4, 0.5) is 0 Å². The van der Waals surface area contributed by atoms with Crippen molar-refractivity contribution < 1.29 is 9.90 Å². The van der Waals surface area contributed by atoms with Gasteiger partial charge in [-0.1, -0.05) is 6.92 Å². The quantitative estimate of drug-likeness (QED) is 0.757.